The summed E-state index contributed by atoms with van der Waals surface area (Å²) in [4.78, 5) is 11.2. The molecule has 0 aromatic heterocycles. The lowest BCUT2D eigenvalue weighted by molar-refractivity contribution is -0.173. The van der Waals surface area contributed by atoms with Crippen LogP contribution in [-0.4, -0.2) is 18.9 Å². The van der Waals surface area contributed by atoms with Crippen molar-refractivity contribution in [2.24, 2.45) is 22.7 Å². The van der Waals surface area contributed by atoms with E-state index in [-0.39, 0.29) is 12.3 Å². The SMILES string of the molecule is CC(=O)O[C@H]1OC[C@H]2C=C([C@@]3(C)CCCC(C)(C)C3)CC[C@@H]12. The third-order valence-electron chi connectivity index (χ3n) is 6.02. The molecule has 3 nitrogen and oxygen atoms in total. The molecule has 0 radical (unpaired) electrons. The molecule has 124 valence electrons. The molecule has 0 unspecified atom stereocenters. The highest BCUT2D eigenvalue weighted by Gasteiger charge is 2.45. The molecule has 0 aromatic carbocycles. The van der Waals surface area contributed by atoms with Gasteiger partial charge in [-0.2, -0.15) is 0 Å². The fourth-order valence-corrected chi connectivity index (χ4v) is 5.09. The number of hydrogen-bond acceptors (Lipinski definition) is 3. The summed E-state index contributed by atoms with van der Waals surface area (Å²) in [5, 5.41) is 0. The Morgan fingerprint density at radius 1 is 1.32 bits per heavy atom. The van der Waals surface area contributed by atoms with Gasteiger partial charge in [0, 0.05) is 18.8 Å². The average Bonchev–Trinajstić information content (AvgIpc) is 2.79. The van der Waals surface area contributed by atoms with E-state index in [9.17, 15) is 4.79 Å². The predicted molar refractivity (Wildman–Crippen MR) is 86.2 cm³/mol. The molecule has 0 spiro atoms. The number of carbonyl (C=O) groups is 1. The van der Waals surface area contributed by atoms with Crippen molar-refractivity contribution in [2.75, 3.05) is 6.61 Å². The normalized spacial score (nSPS) is 40.7. The third kappa shape index (κ3) is 3.10. The molecule has 3 rings (SSSR count). The zero-order valence-corrected chi connectivity index (χ0v) is 14.5. The molecular weight excluding hydrogens is 276 g/mol. The van der Waals surface area contributed by atoms with Gasteiger partial charge in [0.15, 0.2) is 0 Å². The van der Waals surface area contributed by atoms with Crippen LogP contribution in [0.3, 0.4) is 0 Å². The van der Waals surface area contributed by atoms with Crippen LogP contribution >= 0.6 is 0 Å². The second-order valence-electron chi connectivity index (χ2n) is 8.62. The molecule has 2 fully saturated rings. The Balaban J connectivity index is 1.74. The molecule has 1 saturated heterocycles. The van der Waals surface area contributed by atoms with Gasteiger partial charge in [-0.25, -0.2) is 0 Å². The zero-order chi connectivity index (χ0) is 16.0. The van der Waals surface area contributed by atoms with Crippen molar-refractivity contribution in [3.63, 3.8) is 0 Å². The maximum Gasteiger partial charge on any atom is 0.304 e. The van der Waals surface area contributed by atoms with E-state index in [1.54, 1.807) is 5.57 Å². The average molecular weight is 306 g/mol. The van der Waals surface area contributed by atoms with Crippen LogP contribution in [0.5, 0.6) is 0 Å². The molecule has 1 aliphatic heterocycles. The third-order valence-corrected chi connectivity index (χ3v) is 6.02. The largest absolute Gasteiger partial charge is 0.436 e. The molecule has 22 heavy (non-hydrogen) atoms. The van der Waals surface area contributed by atoms with Gasteiger partial charge in [0.05, 0.1) is 6.61 Å². The number of hydrogen-bond donors (Lipinski definition) is 0. The van der Waals surface area contributed by atoms with Crippen LogP contribution < -0.4 is 0 Å². The van der Waals surface area contributed by atoms with Crippen molar-refractivity contribution < 1.29 is 14.3 Å². The van der Waals surface area contributed by atoms with E-state index >= 15 is 0 Å². The minimum atomic E-state index is -0.323. The van der Waals surface area contributed by atoms with Gasteiger partial charge in [0.25, 0.3) is 0 Å². The lowest BCUT2D eigenvalue weighted by Gasteiger charge is -2.46. The van der Waals surface area contributed by atoms with Crippen LogP contribution in [0.25, 0.3) is 0 Å². The molecule has 0 N–H and O–H groups in total. The molecule has 1 heterocycles. The molecular formula is C19H30O3. The van der Waals surface area contributed by atoms with E-state index in [4.69, 9.17) is 9.47 Å². The Kier molecular flexibility index (Phi) is 4.13. The summed E-state index contributed by atoms with van der Waals surface area (Å²) in [6.07, 6.45) is 9.65. The standard InChI is InChI=1S/C19H30O3/c1-13(20)22-17-16-7-6-15(10-14(16)11-21-17)19(4)9-5-8-18(2,3)12-19/h10,14,16-17H,5-9,11-12H2,1-4H3/t14-,16-,17-,19+/m1/s1. The topological polar surface area (TPSA) is 35.5 Å². The van der Waals surface area contributed by atoms with Crippen molar-refractivity contribution in [3.05, 3.63) is 11.6 Å². The van der Waals surface area contributed by atoms with Gasteiger partial charge < -0.3 is 9.47 Å². The first-order valence-corrected chi connectivity index (χ1v) is 8.79. The van der Waals surface area contributed by atoms with Crippen molar-refractivity contribution >= 4 is 5.97 Å². The second kappa shape index (κ2) is 5.67. The maximum absolute atomic E-state index is 11.2. The van der Waals surface area contributed by atoms with E-state index in [2.05, 4.69) is 26.8 Å². The van der Waals surface area contributed by atoms with E-state index in [0.717, 1.165) is 12.8 Å². The maximum atomic E-state index is 11.2. The Hall–Kier alpha value is -0.830. The van der Waals surface area contributed by atoms with Crippen LogP contribution in [0.4, 0.5) is 0 Å². The number of esters is 1. The Bertz CT molecular complexity index is 479. The van der Waals surface area contributed by atoms with E-state index < -0.39 is 0 Å². The van der Waals surface area contributed by atoms with Gasteiger partial charge in [0.1, 0.15) is 0 Å². The van der Waals surface area contributed by atoms with Crippen LogP contribution in [0.15, 0.2) is 11.6 Å². The molecule has 1 saturated carbocycles. The fraction of sp³-hybridized carbons (Fsp3) is 0.842. The molecule has 4 atom stereocenters. The van der Waals surface area contributed by atoms with Crippen molar-refractivity contribution in [1.82, 2.24) is 0 Å². The molecule has 0 amide bonds. The van der Waals surface area contributed by atoms with Gasteiger partial charge >= 0.3 is 5.97 Å². The number of fused-ring (bicyclic) bond motifs is 1. The fourth-order valence-electron chi connectivity index (χ4n) is 5.09. The Morgan fingerprint density at radius 2 is 2.09 bits per heavy atom. The number of carbonyl (C=O) groups excluding carboxylic acids is 1. The van der Waals surface area contributed by atoms with E-state index in [0.29, 0.717) is 29.3 Å². The summed E-state index contributed by atoms with van der Waals surface area (Å²) in [5.41, 5.74) is 2.44. The van der Waals surface area contributed by atoms with Crippen LogP contribution in [0, 0.1) is 22.7 Å². The monoisotopic (exact) mass is 306 g/mol. The summed E-state index contributed by atoms with van der Waals surface area (Å²) in [6, 6.07) is 0. The number of ether oxygens (including phenoxy) is 2. The van der Waals surface area contributed by atoms with Gasteiger partial charge in [-0.05, 0) is 42.9 Å². The smallest absolute Gasteiger partial charge is 0.304 e. The summed E-state index contributed by atoms with van der Waals surface area (Å²) in [7, 11) is 0. The highest BCUT2D eigenvalue weighted by molar-refractivity contribution is 5.66. The predicted octanol–water partition coefficient (Wildman–Crippen LogP) is 4.46. The first-order chi connectivity index (χ1) is 10.3. The lowest BCUT2D eigenvalue weighted by Crippen LogP contribution is -2.35. The van der Waals surface area contributed by atoms with Crippen molar-refractivity contribution in [2.45, 2.75) is 72.5 Å². The molecule has 2 aliphatic carbocycles. The number of rotatable bonds is 2. The molecule has 0 aromatic rings. The van der Waals surface area contributed by atoms with E-state index in [1.807, 2.05) is 0 Å². The van der Waals surface area contributed by atoms with Crippen molar-refractivity contribution in [3.8, 4) is 0 Å². The summed E-state index contributed by atoms with van der Waals surface area (Å²) >= 11 is 0. The first-order valence-electron chi connectivity index (χ1n) is 8.79. The molecule has 3 heteroatoms. The van der Waals surface area contributed by atoms with Crippen LogP contribution in [-0.2, 0) is 14.3 Å². The second-order valence-corrected chi connectivity index (χ2v) is 8.62. The van der Waals surface area contributed by atoms with Gasteiger partial charge in [-0.15, -0.1) is 0 Å². The Morgan fingerprint density at radius 3 is 2.77 bits per heavy atom. The summed E-state index contributed by atoms with van der Waals surface area (Å²) in [6.45, 7) is 9.44. The minimum absolute atomic E-state index is 0.235. The quantitative estimate of drug-likeness (QED) is 0.558. The summed E-state index contributed by atoms with van der Waals surface area (Å²) < 4.78 is 11.1. The molecule has 3 aliphatic rings. The Labute approximate surface area is 134 Å². The van der Waals surface area contributed by atoms with Gasteiger partial charge in [-0.3, -0.25) is 4.79 Å². The lowest BCUT2D eigenvalue weighted by atomic mass is 9.59. The molecule has 0 bridgehead atoms. The summed E-state index contributed by atoms with van der Waals surface area (Å²) in [5.74, 6) is 0.546. The number of allylic oxidation sites excluding steroid dienone is 1. The van der Waals surface area contributed by atoms with Crippen molar-refractivity contribution in [1.29, 1.82) is 0 Å². The first kappa shape index (κ1) is 16.0. The van der Waals surface area contributed by atoms with Gasteiger partial charge in [-0.1, -0.05) is 38.8 Å². The van der Waals surface area contributed by atoms with Crippen LogP contribution in [0.2, 0.25) is 0 Å². The van der Waals surface area contributed by atoms with Crippen LogP contribution in [0.1, 0.15) is 66.2 Å². The van der Waals surface area contributed by atoms with E-state index in [1.165, 1.54) is 32.6 Å². The minimum Gasteiger partial charge on any atom is -0.436 e. The highest BCUT2D eigenvalue weighted by Crippen LogP contribution is 2.53. The highest BCUT2D eigenvalue weighted by atomic mass is 16.7. The van der Waals surface area contributed by atoms with Gasteiger partial charge in [0.2, 0.25) is 6.29 Å². The zero-order valence-electron chi connectivity index (χ0n) is 14.5.